The van der Waals surface area contributed by atoms with Crippen LogP contribution in [0.2, 0.25) is 0 Å². The first-order valence-electron chi connectivity index (χ1n) is 10.6. The van der Waals surface area contributed by atoms with E-state index in [1.54, 1.807) is 28.7 Å². The fourth-order valence-electron chi connectivity index (χ4n) is 3.57. The minimum atomic E-state index is -3.65. The number of sulfonamides is 1. The third-order valence-corrected chi connectivity index (χ3v) is 7.24. The molecule has 0 atom stereocenters. The highest BCUT2D eigenvalue weighted by Gasteiger charge is 2.28. The molecule has 32 heavy (non-hydrogen) atoms. The minimum Gasteiger partial charge on any atom is -0.497 e. The summed E-state index contributed by atoms with van der Waals surface area (Å²) in [5.41, 5.74) is 1.23. The van der Waals surface area contributed by atoms with Crippen LogP contribution < -0.4 is 9.47 Å². The predicted octanol–water partition coefficient (Wildman–Crippen LogP) is 5.41. The molecule has 0 saturated carbocycles. The van der Waals surface area contributed by atoms with Gasteiger partial charge in [-0.25, -0.2) is 8.42 Å². The van der Waals surface area contributed by atoms with Crippen LogP contribution in [-0.2, 0) is 10.0 Å². The maximum atomic E-state index is 13.3. The van der Waals surface area contributed by atoms with E-state index < -0.39 is 10.0 Å². The first kappa shape index (κ1) is 22.0. The molecule has 3 aromatic rings. The van der Waals surface area contributed by atoms with E-state index in [9.17, 15) is 8.42 Å². The monoisotopic (exact) mass is 450 g/mol. The van der Waals surface area contributed by atoms with Crippen molar-refractivity contribution in [2.24, 2.45) is 4.99 Å². The van der Waals surface area contributed by atoms with Crippen molar-refractivity contribution >= 4 is 21.9 Å². The van der Waals surface area contributed by atoms with Crippen LogP contribution in [0.3, 0.4) is 0 Å². The summed E-state index contributed by atoms with van der Waals surface area (Å²) in [6.45, 7) is 1.07. The standard InChI is InChI=1S/C25H26N2O4S/c1-30-23-14-15-24(25(18-23)32(28,29)27-16-6-3-7-17-27)26-19-20-10-12-22(13-11-20)31-21-8-4-2-5-9-21/h2,4-5,8-15,18-19H,3,6-7,16-17H2,1H3. The SMILES string of the molecule is COc1ccc(N=Cc2ccc(Oc3ccccc3)cc2)c(S(=O)(=O)N2CCCCC2)c1. The number of piperidine rings is 1. The molecular formula is C25H26N2O4S. The Kier molecular flexibility index (Phi) is 6.87. The van der Waals surface area contributed by atoms with E-state index in [1.165, 1.54) is 7.11 Å². The van der Waals surface area contributed by atoms with Crippen molar-refractivity contribution in [1.29, 1.82) is 0 Å². The second-order valence-electron chi connectivity index (χ2n) is 7.54. The van der Waals surface area contributed by atoms with Crippen LogP contribution in [0.5, 0.6) is 17.2 Å². The van der Waals surface area contributed by atoms with Gasteiger partial charge in [0.2, 0.25) is 10.0 Å². The first-order chi connectivity index (χ1) is 15.6. The summed E-state index contributed by atoms with van der Waals surface area (Å²) in [5.74, 6) is 1.97. The van der Waals surface area contributed by atoms with Gasteiger partial charge in [-0.2, -0.15) is 4.31 Å². The zero-order valence-electron chi connectivity index (χ0n) is 18.0. The highest BCUT2D eigenvalue weighted by atomic mass is 32.2. The number of ether oxygens (including phenoxy) is 2. The van der Waals surface area contributed by atoms with E-state index in [0.717, 1.165) is 30.6 Å². The number of nitrogens with zero attached hydrogens (tertiary/aromatic N) is 2. The molecule has 166 valence electrons. The molecule has 0 unspecified atom stereocenters. The number of para-hydroxylation sites is 1. The molecule has 3 aromatic carbocycles. The highest BCUT2D eigenvalue weighted by molar-refractivity contribution is 7.89. The molecule has 7 heteroatoms. The zero-order valence-corrected chi connectivity index (χ0v) is 18.8. The van der Waals surface area contributed by atoms with Crippen LogP contribution in [0.15, 0.2) is 82.7 Å². The van der Waals surface area contributed by atoms with Gasteiger partial charge in [0.15, 0.2) is 0 Å². The van der Waals surface area contributed by atoms with Gasteiger partial charge >= 0.3 is 0 Å². The van der Waals surface area contributed by atoms with Crippen molar-refractivity contribution < 1.29 is 17.9 Å². The number of hydrogen-bond donors (Lipinski definition) is 0. The smallest absolute Gasteiger partial charge is 0.245 e. The maximum absolute atomic E-state index is 13.3. The van der Waals surface area contributed by atoms with Crippen molar-refractivity contribution in [1.82, 2.24) is 4.31 Å². The Morgan fingerprint density at radius 3 is 2.19 bits per heavy atom. The molecule has 1 heterocycles. The summed E-state index contributed by atoms with van der Waals surface area (Å²) >= 11 is 0. The normalized spacial score (nSPS) is 15.0. The van der Waals surface area contributed by atoms with Gasteiger partial charge in [0.25, 0.3) is 0 Å². The van der Waals surface area contributed by atoms with Crippen molar-refractivity contribution in [3.05, 3.63) is 78.4 Å². The van der Waals surface area contributed by atoms with Crippen molar-refractivity contribution in [3.63, 3.8) is 0 Å². The molecule has 0 spiro atoms. The summed E-state index contributed by atoms with van der Waals surface area (Å²) in [6.07, 6.45) is 4.46. The molecule has 1 saturated heterocycles. The van der Waals surface area contributed by atoms with Crippen LogP contribution in [0, 0.1) is 0 Å². The number of rotatable bonds is 7. The lowest BCUT2D eigenvalue weighted by molar-refractivity contribution is 0.346. The molecule has 0 amide bonds. The van der Waals surface area contributed by atoms with E-state index in [0.29, 0.717) is 30.3 Å². The molecule has 4 rings (SSSR count). The van der Waals surface area contributed by atoms with E-state index in [4.69, 9.17) is 9.47 Å². The summed E-state index contributed by atoms with van der Waals surface area (Å²) in [6, 6.07) is 22.0. The van der Waals surface area contributed by atoms with Crippen LogP contribution in [0.4, 0.5) is 5.69 Å². The van der Waals surface area contributed by atoms with Crippen LogP contribution >= 0.6 is 0 Å². The molecule has 0 aromatic heterocycles. The number of aliphatic imine (C=N–C) groups is 1. The lowest BCUT2D eigenvalue weighted by atomic mass is 10.2. The van der Waals surface area contributed by atoms with E-state index in [2.05, 4.69) is 4.99 Å². The van der Waals surface area contributed by atoms with Crippen molar-refractivity contribution in [2.75, 3.05) is 20.2 Å². The Hall–Kier alpha value is -3.16. The van der Waals surface area contributed by atoms with Crippen LogP contribution in [-0.4, -0.2) is 39.1 Å². The van der Waals surface area contributed by atoms with Gasteiger partial charge in [-0.05, 0) is 66.9 Å². The van der Waals surface area contributed by atoms with Gasteiger partial charge in [-0.15, -0.1) is 0 Å². The number of benzene rings is 3. The molecule has 0 N–H and O–H groups in total. The fraction of sp³-hybridized carbons (Fsp3) is 0.240. The molecule has 1 aliphatic heterocycles. The lowest BCUT2D eigenvalue weighted by Crippen LogP contribution is -2.35. The average molecular weight is 451 g/mol. The fourth-order valence-corrected chi connectivity index (χ4v) is 5.24. The lowest BCUT2D eigenvalue weighted by Gasteiger charge is -2.26. The Morgan fingerprint density at radius 2 is 1.50 bits per heavy atom. The molecule has 0 aliphatic carbocycles. The first-order valence-corrected chi connectivity index (χ1v) is 12.1. The average Bonchev–Trinajstić information content (AvgIpc) is 2.84. The summed E-state index contributed by atoms with van der Waals surface area (Å²) in [5, 5.41) is 0. The summed E-state index contributed by atoms with van der Waals surface area (Å²) in [4.78, 5) is 4.67. The topological polar surface area (TPSA) is 68.2 Å². The zero-order chi connectivity index (χ0) is 22.4. The van der Waals surface area contributed by atoms with Crippen molar-refractivity contribution in [3.8, 4) is 17.2 Å². The largest absolute Gasteiger partial charge is 0.497 e. The Bertz CT molecular complexity index is 1170. The minimum absolute atomic E-state index is 0.166. The molecular weight excluding hydrogens is 424 g/mol. The molecule has 6 nitrogen and oxygen atoms in total. The molecule has 1 fully saturated rings. The van der Waals surface area contributed by atoms with Gasteiger partial charge in [-0.3, -0.25) is 4.99 Å². The Morgan fingerprint density at radius 1 is 0.844 bits per heavy atom. The van der Waals surface area contributed by atoms with Gasteiger partial charge in [0.1, 0.15) is 22.1 Å². The summed E-state index contributed by atoms with van der Waals surface area (Å²) < 4.78 is 39.2. The van der Waals surface area contributed by atoms with Gasteiger partial charge in [-0.1, -0.05) is 24.6 Å². The third-order valence-electron chi connectivity index (χ3n) is 5.31. The van der Waals surface area contributed by atoms with Crippen LogP contribution in [0.25, 0.3) is 0 Å². The number of hydrogen-bond acceptors (Lipinski definition) is 5. The van der Waals surface area contributed by atoms with E-state index >= 15 is 0 Å². The molecule has 0 radical (unpaired) electrons. The molecule has 1 aliphatic rings. The van der Waals surface area contributed by atoms with Crippen molar-refractivity contribution in [2.45, 2.75) is 24.2 Å². The maximum Gasteiger partial charge on any atom is 0.245 e. The second-order valence-corrected chi connectivity index (χ2v) is 9.45. The van der Waals surface area contributed by atoms with Crippen LogP contribution in [0.1, 0.15) is 24.8 Å². The predicted molar refractivity (Wildman–Crippen MR) is 126 cm³/mol. The Labute approximate surface area is 189 Å². The highest BCUT2D eigenvalue weighted by Crippen LogP contribution is 2.32. The van der Waals surface area contributed by atoms with E-state index in [-0.39, 0.29) is 4.90 Å². The second kappa shape index (κ2) is 9.97. The summed E-state index contributed by atoms with van der Waals surface area (Å²) in [7, 11) is -2.13. The van der Waals surface area contributed by atoms with Gasteiger partial charge < -0.3 is 9.47 Å². The molecule has 0 bridgehead atoms. The third kappa shape index (κ3) is 5.18. The van der Waals surface area contributed by atoms with E-state index in [1.807, 2.05) is 54.6 Å². The van der Waals surface area contributed by atoms with Gasteiger partial charge in [0.05, 0.1) is 12.8 Å². The quantitative estimate of drug-likeness (QED) is 0.451. The number of methoxy groups -OCH3 is 1. The van der Waals surface area contributed by atoms with Gasteiger partial charge in [0, 0.05) is 25.4 Å². The Balaban J connectivity index is 1.57.